The van der Waals surface area contributed by atoms with E-state index < -0.39 is 0 Å². The highest BCUT2D eigenvalue weighted by Crippen LogP contribution is 2.19. The van der Waals surface area contributed by atoms with Crippen LogP contribution in [0.2, 0.25) is 0 Å². The Bertz CT molecular complexity index is 812. The normalized spacial score (nSPS) is 12.5. The predicted octanol–water partition coefficient (Wildman–Crippen LogP) is 4.38. The molecular formula is C19H23IN4S. The molecule has 0 aliphatic heterocycles. The topological polar surface area (TPSA) is 49.3 Å². The number of benzene rings is 1. The van der Waals surface area contributed by atoms with Gasteiger partial charge in [0.05, 0.1) is 5.52 Å². The minimum atomic E-state index is 0. The molecule has 25 heavy (non-hydrogen) atoms. The van der Waals surface area contributed by atoms with E-state index in [1.165, 1.54) is 15.8 Å². The van der Waals surface area contributed by atoms with E-state index in [1.54, 1.807) is 18.4 Å². The third kappa shape index (κ3) is 5.15. The number of fused-ring (bicyclic) bond motifs is 1. The Morgan fingerprint density at radius 3 is 2.76 bits per heavy atom. The van der Waals surface area contributed by atoms with E-state index in [4.69, 9.17) is 0 Å². The van der Waals surface area contributed by atoms with Gasteiger partial charge >= 0.3 is 0 Å². The molecule has 0 aliphatic rings. The van der Waals surface area contributed by atoms with Crippen LogP contribution in [0.4, 0.5) is 0 Å². The lowest BCUT2D eigenvalue weighted by atomic mass is 10.1. The van der Waals surface area contributed by atoms with Gasteiger partial charge in [0.25, 0.3) is 0 Å². The summed E-state index contributed by atoms with van der Waals surface area (Å²) in [5.41, 5.74) is 2.24. The number of thiophene rings is 1. The molecule has 0 saturated carbocycles. The van der Waals surface area contributed by atoms with Crippen molar-refractivity contribution < 1.29 is 0 Å². The van der Waals surface area contributed by atoms with Gasteiger partial charge in [-0.2, -0.15) is 0 Å². The highest BCUT2D eigenvalue weighted by molar-refractivity contribution is 14.0. The lowest BCUT2D eigenvalue weighted by molar-refractivity contribution is 0.709. The molecule has 0 fully saturated rings. The SMILES string of the molecule is CN=C(NCc1ccnc2ccccc12)NCC(C)c1cccs1.I. The highest BCUT2D eigenvalue weighted by Gasteiger charge is 2.08. The first-order chi connectivity index (χ1) is 11.8. The van der Waals surface area contributed by atoms with Crippen LogP contribution in [0, 0.1) is 0 Å². The number of rotatable bonds is 5. The van der Waals surface area contributed by atoms with Gasteiger partial charge < -0.3 is 10.6 Å². The number of aliphatic imine (C=N–C) groups is 1. The number of pyridine rings is 1. The fraction of sp³-hybridized carbons (Fsp3) is 0.263. The smallest absolute Gasteiger partial charge is 0.191 e. The zero-order valence-electron chi connectivity index (χ0n) is 14.4. The third-order valence-electron chi connectivity index (χ3n) is 4.01. The molecule has 0 saturated heterocycles. The van der Waals surface area contributed by atoms with Crippen LogP contribution in [0.1, 0.15) is 23.3 Å². The monoisotopic (exact) mass is 466 g/mol. The molecule has 0 radical (unpaired) electrons. The van der Waals surface area contributed by atoms with Crippen LogP contribution in [-0.4, -0.2) is 24.5 Å². The second-order valence-corrected chi connectivity index (χ2v) is 6.69. The molecule has 0 aliphatic carbocycles. The van der Waals surface area contributed by atoms with Crippen LogP contribution in [0.3, 0.4) is 0 Å². The Morgan fingerprint density at radius 1 is 1.16 bits per heavy atom. The summed E-state index contributed by atoms with van der Waals surface area (Å²) in [5.74, 6) is 1.28. The van der Waals surface area contributed by atoms with Crippen LogP contribution in [0.5, 0.6) is 0 Å². The number of hydrogen-bond donors (Lipinski definition) is 2. The molecule has 3 rings (SSSR count). The molecule has 1 aromatic carbocycles. The Kier molecular flexibility index (Phi) is 7.64. The first-order valence-corrected chi connectivity index (χ1v) is 8.96. The summed E-state index contributed by atoms with van der Waals surface area (Å²) in [4.78, 5) is 10.1. The van der Waals surface area contributed by atoms with Gasteiger partial charge in [-0.15, -0.1) is 35.3 Å². The number of guanidine groups is 1. The largest absolute Gasteiger partial charge is 0.356 e. The van der Waals surface area contributed by atoms with E-state index in [-0.39, 0.29) is 24.0 Å². The van der Waals surface area contributed by atoms with Crippen molar-refractivity contribution in [1.82, 2.24) is 15.6 Å². The lowest BCUT2D eigenvalue weighted by Crippen LogP contribution is -2.38. The molecular weight excluding hydrogens is 443 g/mol. The standard InChI is InChI=1S/C19H22N4S.HI/c1-14(18-8-5-11-24-18)12-22-19(20-2)23-13-15-9-10-21-17-7-4-3-6-16(15)17;/h3-11,14H,12-13H2,1-2H3,(H2,20,22,23);1H. The Hall–Kier alpha value is -1.67. The first-order valence-electron chi connectivity index (χ1n) is 8.08. The quantitative estimate of drug-likeness (QED) is 0.333. The minimum absolute atomic E-state index is 0. The van der Waals surface area contributed by atoms with Crippen molar-refractivity contribution in [1.29, 1.82) is 0 Å². The van der Waals surface area contributed by atoms with Crippen LogP contribution in [-0.2, 0) is 6.54 Å². The Labute approximate surface area is 169 Å². The molecule has 6 heteroatoms. The van der Waals surface area contributed by atoms with Crippen LogP contribution in [0.15, 0.2) is 59.0 Å². The van der Waals surface area contributed by atoms with E-state index >= 15 is 0 Å². The van der Waals surface area contributed by atoms with Gasteiger partial charge in [-0.05, 0) is 29.1 Å². The van der Waals surface area contributed by atoms with Gasteiger partial charge in [0, 0.05) is 42.5 Å². The molecule has 0 amide bonds. The van der Waals surface area contributed by atoms with E-state index in [0.29, 0.717) is 5.92 Å². The fourth-order valence-electron chi connectivity index (χ4n) is 2.63. The number of hydrogen-bond acceptors (Lipinski definition) is 3. The summed E-state index contributed by atoms with van der Waals surface area (Å²) in [6, 6.07) is 14.5. The average Bonchev–Trinajstić information content (AvgIpc) is 3.16. The molecule has 132 valence electrons. The number of aromatic nitrogens is 1. The van der Waals surface area contributed by atoms with Gasteiger partial charge in [-0.3, -0.25) is 9.98 Å². The molecule has 2 N–H and O–H groups in total. The third-order valence-corrected chi connectivity index (χ3v) is 5.12. The second kappa shape index (κ2) is 9.72. The average molecular weight is 466 g/mol. The first kappa shape index (κ1) is 19.7. The molecule has 2 heterocycles. The summed E-state index contributed by atoms with van der Waals surface area (Å²) in [6.07, 6.45) is 1.86. The number of nitrogens with zero attached hydrogens (tertiary/aromatic N) is 2. The van der Waals surface area contributed by atoms with Gasteiger partial charge in [0.2, 0.25) is 0 Å². The van der Waals surface area contributed by atoms with Crippen molar-refractivity contribution in [2.24, 2.45) is 4.99 Å². The zero-order valence-corrected chi connectivity index (χ0v) is 17.5. The van der Waals surface area contributed by atoms with Gasteiger partial charge in [-0.25, -0.2) is 0 Å². The Balaban J connectivity index is 0.00000225. The van der Waals surface area contributed by atoms with Crippen LogP contribution in [0.25, 0.3) is 10.9 Å². The number of halogens is 1. The molecule has 1 unspecified atom stereocenters. The maximum atomic E-state index is 4.40. The minimum Gasteiger partial charge on any atom is -0.356 e. The molecule has 1 atom stereocenters. The molecule has 3 aromatic rings. The molecule has 0 spiro atoms. The van der Waals surface area contributed by atoms with Crippen molar-refractivity contribution in [3.8, 4) is 0 Å². The maximum Gasteiger partial charge on any atom is 0.191 e. The number of para-hydroxylation sites is 1. The van der Waals surface area contributed by atoms with E-state index in [1.807, 2.05) is 24.4 Å². The summed E-state index contributed by atoms with van der Waals surface area (Å²) in [5, 5.41) is 10.1. The van der Waals surface area contributed by atoms with Crippen LogP contribution < -0.4 is 10.6 Å². The lowest BCUT2D eigenvalue weighted by Gasteiger charge is -2.15. The fourth-order valence-corrected chi connectivity index (χ4v) is 3.42. The molecule has 4 nitrogen and oxygen atoms in total. The summed E-state index contributed by atoms with van der Waals surface area (Å²) in [7, 11) is 1.80. The van der Waals surface area contributed by atoms with Gasteiger partial charge in [-0.1, -0.05) is 31.2 Å². The van der Waals surface area contributed by atoms with E-state index in [2.05, 4.69) is 57.2 Å². The van der Waals surface area contributed by atoms with Crippen molar-refractivity contribution in [2.75, 3.05) is 13.6 Å². The van der Waals surface area contributed by atoms with Gasteiger partial charge in [0.15, 0.2) is 5.96 Å². The van der Waals surface area contributed by atoms with Crippen molar-refractivity contribution >= 4 is 52.2 Å². The number of nitrogens with one attached hydrogen (secondary N) is 2. The van der Waals surface area contributed by atoms with Crippen LogP contribution >= 0.6 is 35.3 Å². The zero-order chi connectivity index (χ0) is 16.8. The van der Waals surface area contributed by atoms with Crippen molar-refractivity contribution in [2.45, 2.75) is 19.4 Å². The molecule has 2 aromatic heterocycles. The van der Waals surface area contributed by atoms with E-state index in [9.17, 15) is 0 Å². The van der Waals surface area contributed by atoms with Gasteiger partial charge in [0.1, 0.15) is 0 Å². The highest BCUT2D eigenvalue weighted by atomic mass is 127. The summed E-state index contributed by atoms with van der Waals surface area (Å²) < 4.78 is 0. The summed E-state index contributed by atoms with van der Waals surface area (Å²) >= 11 is 1.79. The van der Waals surface area contributed by atoms with Crippen molar-refractivity contribution in [3.05, 3.63) is 64.5 Å². The summed E-state index contributed by atoms with van der Waals surface area (Å²) in [6.45, 7) is 3.80. The Morgan fingerprint density at radius 2 is 2.00 bits per heavy atom. The van der Waals surface area contributed by atoms with Crippen molar-refractivity contribution in [3.63, 3.8) is 0 Å². The second-order valence-electron chi connectivity index (χ2n) is 5.71. The predicted molar refractivity (Wildman–Crippen MR) is 118 cm³/mol. The molecule has 0 bridgehead atoms. The van der Waals surface area contributed by atoms with E-state index in [0.717, 1.165) is 24.6 Å². The maximum absolute atomic E-state index is 4.40.